The number of hydrogen-bond acceptors (Lipinski definition) is 6. The van der Waals surface area contributed by atoms with Gasteiger partial charge in [-0.15, -0.1) is 0 Å². The first-order valence-electron chi connectivity index (χ1n) is 31.1. The summed E-state index contributed by atoms with van der Waals surface area (Å²) in [5.74, 6) is -0.873. The molecule has 6 nitrogen and oxygen atoms in total. The summed E-state index contributed by atoms with van der Waals surface area (Å²) in [6.07, 6.45) is 73.9. The first-order valence-corrected chi connectivity index (χ1v) is 31.1. The minimum atomic E-state index is -0.778. The second-order valence-electron chi connectivity index (χ2n) is 21.0. The Morgan fingerprint density at radius 3 is 0.831 bits per heavy atom. The van der Waals surface area contributed by atoms with Crippen molar-refractivity contribution >= 4 is 17.9 Å². The van der Waals surface area contributed by atoms with Crippen molar-refractivity contribution in [2.24, 2.45) is 0 Å². The summed E-state index contributed by atoms with van der Waals surface area (Å²) in [5, 5.41) is 0. The van der Waals surface area contributed by atoms with E-state index in [1.165, 1.54) is 218 Å². The van der Waals surface area contributed by atoms with Gasteiger partial charge in [0.15, 0.2) is 6.10 Å². The summed E-state index contributed by atoms with van der Waals surface area (Å²) in [7, 11) is 0. The van der Waals surface area contributed by atoms with Crippen molar-refractivity contribution in [3.8, 4) is 0 Å². The molecule has 0 aromatic heterocycles. The lowest BCUT2D eigenvalue weighted by Gasteiger charge is -2.18. The molecule has 0 aromatic carbocycles. The van der Waals surface area contributed by atoms with Crippen molar-refractivity contribution in [3.05, 3.63) is 48.6 Å². The van der Waals surface area contributed by atoms with Gasteiger partial charge in [0, 0.05) is 19.3 Å². The number of carbonyl (C=O) groups excluding carboxylic acids is 3. The summed E-state index contributed by atoms with van der Waals surface area (Å²) in [6, 6.07) is 0. The molecule has 6 heteroatoms. The largest absolute Gasteiger partial charge is 0.462 e. The van der Waals surface area contributed by atoms with Crippen molar-refractivity contribution in [1.29, 1.82) is 0 Å². The molecule has 71 heavy (non-hydrogen) atoms. The molecule has 0 N–H and O–H groups in total. The Hall–Kier alpha value is -2.63. The number of unbranched alkanes of at least 4 members (excludes halogenated alkanes) is 38. The van der Waals surface area contributed by atoms with Crippen LogP contribution in [0, 0.1) is 0 Å². The lowest BCUT2D eigenvalue weighted by molar-refractivity contribution is -0.167. The third-order valence-electron chi connectivity index (χ3n) is 13.8. The summed E-state index contributed by atoms with van der Waals surface area (Å²) in [6.45, 7) is 6.63. The summed E-state index contributed by atoms with van der Waals surface area (Å²) < 4.78 is 16.9. The Bertz CT molecular complexity index is 1230. The van der Waals surface area contributed by atoms with E-state index in [0.717, 1.165) is 70.6 Å². The maximum atomic E-state index is 12.9. The smallest absolute Gasteiger partial charge is 0.306 e. The second-order valence-corrected chi connectivity index (χ2v) is 21.0. The van der Waals surface area contributed by atoms with Crippen LogP contribution in [-0.4, -0.2) is 37.2 Å². The number of rotatable bonds is 57. The second kappa shape index (κ2) is 59.9. The molecule has 0 fully saturated rings. The van der Waals surface area contributed by atoms with Crippen LogP contribution in [0.4, 0.5) is 0 Å². The van der Waals surface area contributed by atoms with Gasteiger partial charge in [0.25, 0.3) is 0 Å². The minimum absolute atomic E-state index is 0.0756. The SMILES string of the molecule is CCCCC/C=C\C/C=C\CCCCCCCCCCCC(=O)O[C@@H](COC(=O)CCCCCCC/C=C\CCCCCC)COC(=O)CCCCCCCCCCCCC/C=C\CCCCCCCC. The van der Waals surface area contributed by atoms with E-state index in [9.17, 15) is 14.4 Å². The molecule has 0 radical (unpaired) electrons. The van der Waals surface area contributed by atoms with Crippen LogP contribution in [0.1, 0.15) is 329 Å². The van der Waals surface area contributed by atoms with Crippen LogP contribution < -0.4 is 0 Å². The van der Waals surface area contributed by atoms with Crippen LogP contribution in [0.2, 0.25) is 0 Å². The molecule has 0 saturated heterocycles. The summed E-state index contributed by atoms with van der Waals surface area (Å²) in [5.41, 5.74) is 0. The zero-order chi connectivity index (χ0) is 51.4. The highest BCUT2D eigenvalue weighted by Gasteiger charge is 2.19. The third-order valence-corrected chi connectivity index (χ3v) is 13.8. The molecule has 0 bridgehead atoms. The molecule has 0 aromatic rings. The van der Waals surface area contributed by atoms with E-state index in [1.54, 1.807) is 0 Å². The first-order chi connectivity index (χ1) is 35.0. The van der Waals surface area contributed by atoms with Crippen molar-refractivity contribution < 1.29 is 28.6 Å². The third kappa shape index (κ3) is 58.1. The quantitative estimate of drug-likeness (QED) is 0.0261. The topological polar surface area (TPSA) is 78.9 Å². The fraction of sp³-hybridized carbons (Fsp3) is 0.831. The molecule has 0 aliphatic rings. The Balaban J connectivity index is 4.32. The number of allylic oxidation sites excluding steroid dienone is 8. The Kier molecular flexibility index (Phi) is 57.7. The van der Waals surface area contributed by atoms with Gasteiger partial charge in [-0.25, -0.2) is 0 Å². The van der Waals surface area contributed by atoms with Gasteiger partial charge in [-0.1, -0.05) is 256 Å². The molecule has 0 unspecified atom stereocenters. The Morgan fingerprint density at radius 2 is 0.507 bits per heavy atom. The van der Waals surface area contributed by atoms with E-state index in [4.69, 9.17) is 14.2 Å². The maximum absolute atomic E-state index is 12.9. The Morgan fingerprint density at radius 1 is 0.282 bits per heavy atom. The number of hydrogen-bond donors (Lipinski definition) is 0. The zero-order valence-corrected chi connectivity index (χ0v) is 47.5. The van der Waals surface area contributed by atoms with Gasteiger partial charge in [-0.2, -0.15) is 0 Å². The fourth-order valence-electron chi connectivity index (χ4n) is 9.05. The van der Waals surface area contributed by atoms with E-state index < -0.39 is 6.10 Å². The van der Waals surface area contributed by atoms with Crippen molar-refractivity contribution in [2.75, 3.05) is 13.2 Å². The minimum Gasteiger partial charge on any atom is -0.462 e. The van der Waals surface area contributed by atoms with E-state index in [0.29, 0.717) is 19.3 Å². The maximum Gasteiger partial charge on any atom is 0.306 e. The summed E-state index contributed by atoms with van der Waals surface area (Å²) >= 11 is 0. The van der Waals surface area contributed by atoms with E-state index in [-0.39, 0.29) is 31.1 Å². The summed E-state index contributed by atoms with van der Waals surface area (Å²) in [4.78, 5) is 38.2. The fourth-order valence-corrected chi connectivity index (χ4v) is 9.05. The molecule has 0 amide bonds. The van der Waals surface area contributed by atoms with Crippen LogP contribution in [0.25, 0.3) is 0 Å². The van der Waals surface area contributed by atoms with E-state index in [1.807, 2.05) is 0 Å². The van der Waals surface area contributed by atoms with Crippen molar-refractivity contribution in [3.63, 3.8) is 0 Å². The number of carbonyl (C=O) groups is 3. The lowest BCUT2D eigenvalue weighted by Crippen LogP contribution is -2.30. The molecule has 0 aliphatic heterocycles. The van der Waals surface area contributed by atoms with Crippen LogP contribution in [0.15, 0.2) is 48.6 Å². The average molecular weight is 996 g/mol. The van der Waals surface area contributed by atoms with Gasteiger partial charge in [0.2, 0.25) is 0 Å². The normalized spacial score (nSPS) is 12.3. The predicted octanol–water partition coefficient (Wildman–Crippen LogP) is 21.0. The van der Waals surface area contributed by atoms with Gasteiger partial charge >= 0.3 is 17.9 Å². The Labute approximate surface area is 441 Å². The average Bonchev–Trinajstić information content (AvgIpc) is 3.37. The molecule has 0 heterocycles. The van der Waals surface area contributed by atoms with Gasteiger partial charge in [0.1, 0.15) is 13.2 Å². The van der Waals surface area contributed by atoms with Gasteiger partial charge in [0.05, 0.1) is 0 Å². The molecular formula is C65H118O6. The molecule has 0 spiro atoms. The first kappa shape index (κ1) is 68.4. The molecule has 414 valence electrons. The molecule has 0 aliphatic carbocycles. The zero-order valence-electron chi connectivity index (χ0n) is 47.5. The van der Waals surface area contributed by atoms with Crippen molar-refractivity contribution in [2.45, 2.75) is 335 Å². The number of ether oxygens (including phenoxy) is 3. The van der Waals surface area contributed by atoms with Crippen LogP contribution in [0.3, 0.4) is 0 Å². The van der Waals surface area contributed by atoms with Crippen molar-refractivity contribution in [1.82, 2.24) is 0 Å². The highest BCUT2D eigenvalue weighted by Crippen LogP contribution is 2.16. The molecular weight excluding hydrogens is 877 g/mol. The highest BCUT2D eigenvalue weighted by molar-refractivity contribution is 5.71. The molecule has 0 saturated carbocycles. The highest BCUT2D eigenvalue weighted by atomic mass is 16.6. The van der Waals surface area contributed by atoms with Gasteiger partial charge in [-0.05, 0) is 103 Å². The van der Waals surface area contributed by atoms with Gasteiger partial charge < -0.3 is 14.2 Å². The van der Waals surface area contributed by atoms with Gasteiger partial charge in [-0.3, -0.25) is 14.4 Å². The van der Waals surface area contributed by atoms with E-state index in [2.05, 4.69) is 69.4 Å². The molecule has 0 rings (SSSR count). The lowest BCUT2D eigenvalue weighted by atomic mass is 10.0. The standard InChI is InChI=1S/C65H118O6/c1-4-7-10-13-16-19-22-25-27-29-31-32-34-35-37-40-43-46-49-52-55-58-64(67)70-61-62(60-69-63(66)57-54-51-48-45-42-39-24-21-18-15-12-9-6-3)71-65(68)59-56-53-50-47-44-41-38-36-33-30-28-26-23-20-17-14-11-8-5-2/h17,20-21,24-28,62H,4-16,18-19,22-23,29-61H2,1-3H3/b20-17-,24-21-,27-25-,28-26-/t62-/m0/s1. The van der Waals surface area contributed by atoms with Crippen LogP contribution >= 0.6 is 0 Å². The molecule has 1 atom stereocenters. The van der Waals surface area contributed by atoms with Crippen LogP contribution in [-0.2, 0) is 28.6 Å². The monoisotopic (exact) mass is 995 g/mol. The van der Waals surface area contributed by atoms with Crippen LogP contribution in [0.5, 0.6) is 0 Å². The number of esters is 3. The predicted molar refractivity (Wildman–Crippen MR) is 307 cm³/mol. The van der Waals surface area contributed by atoms with E-state index >= 15 is 0 Å².